The van der Waals surface area contributed by atoms with Gasteiger partial charge >= 0.3 is 6.09 Å². The summed E-state index contributed by atoms with van der Waals surface area (Å²) in [6.07, 6.45) is 4.04. The van der Waals surface area contributed by atoms with E-state index in [0.717, 1.165) is 0 Å². The van der Waals surface area contributed by atoms with Gasteiger partial charge in [-0.3, -0.25) is 0 Å². The fourth-order valence-electron chi connectivity index (χ4n) is 0.381. The highest BCUT2D eigenvalue weighted by molar-refractivity contribution is 5.67. The predicted octanol–water partition coefficient (Wildman–Crippen LogP) is 0.754. The molecule has 56 valence electrons. The molecule has 3 nitrogen and oxygen atoms in total. The van der Waals surface area contributed by atoms with Crippen molar-refractivity contribution in [3.63, 3.8) is 0 Å². The smallest absolute Gasteiger partial charge is 0.408 e. The number of alkyl carbamates (subject to hydrolysis) is 1. The fourth-order valence-corrected chi connectivity index (χ4v) is 0.381. The first-order valence-corrected chi connectivity index (χ1v) is 3.11. The average Bonchev–Trinajstić information content (AvgIpc) is 1.88. The summed E-state index contributed by atoms with van der Waals surface area (Å²) in [5.74, 6) is 2.27. The van der Waals surface area contributed by atoms with Crippen LogP contribution in [0.5, 0.6) is 0 Å². The summed E-state index contributed by atoms with van der Waals surface area (Å²) >= 11 is 0. The van der Waals surface area contributed by atoms with Gasteiger partial charge in [0, 0.05) is 6.54 Å². The summed E-state index contributed by atoms with van der Waals surface area (Å²) < 4.78 is 4.65. The van der Waals surface area contributed by atoms with Crippen molar-refractivity contribution in [1.82, 2.24) is 5.32 Å². The number of carbonyl (C=O) groups excluding carboxylic acids is 1. The van der Waals surface area contributed by atoms with Gasteiger partial charge in [-0.15, -0.1) is 6.42 Å². The van der Waals surface area contributed by atoms with Gasteiger partial charge < -0.3 is 10.1 Å². The lowest BCUT2D eigenvalue weighted by Crippen LogP contribution is -2.26. The van der Waals surface area contributed by atoms with Crippen LogP contribution in [0.15, 0.2) is 0 Å². The quantitative estimate of drug-likeness (QED) is 0.576. The third-order valence-electron chi connectivity index (χ3n) is 0.840. The Bertz CT molecular complexity index is 148. The molecule has 1 N–H and O–H groups in total. The highest BCUT2D eigenvalue weighted by Gasteiger charge is 2.02. The standard InChI is InChI=1S/C7H11NO2/c1-4-6(3)10-7(9)8-5-2/h1,6H,5H2,2-3H3,(H,8,9). The molecule has 0 aliphatic rings. The van der Waals surface area contributed by atoms with Crippen LogP contribution in [-0.4, -0.2) is 18.7 Å². The lowest BCUT2D eigenvalue weighted by molar-refractivity contribution is 0.131. The van der Waals surface area contributed by atoms with Crippen LogP contribution in [-0.2, 0) is 4.74 Å². The topological polar surface area (TPSA) is 38.3 Å². The van der Waals surface area contributed by atoms with Gasteiger partial charge in [0.05, 0.1) is 0 Å². The second-order valence-corrected chi connectivity index (χ2v) is 1.74. The first kappa shape index (κ1) is 8.83. The maximum atomic E-state index is 10.6. The molecule has 0 radical (unpaired) electrons. The van der Waals surface area contributed by atoms with Crippen LogP contribution in [0, 0.1) is 12.3 Å². The molecule has 0 aromatic carbocycles. The van der Waals surface area contributed by atoms with Gasteiger partial charge in [-0.25, -0.2) is 4.79 Å². The first-order chi connectivity index (χ1) is 4.70. The number of hydrogen-bond donors (Lipinski definition) is 1. The van der Waals surface area contributed by atoms with E-state index in [-0.39, 0.29) is 0 Å². The Hall–Kier alpha value is -1.17. The van der Waals surface area contributed by atoms with Crippen LogP contribution >= 0.6 is 0 Å². The third kappa shape index (κ3) is 3.79. The molecule has 0 rings (SSSR count). The van der Waals surface area contributed by atoms with Crippen LogP contribution in [0.4, 0.5) is 4.79 Å². The van der Waals surface area contributed by atoms with E-state index in [1.54, 1.807) is 6.92 Å². The molecule has 0 bridgehead atoms. The van der Waals surface area contributed by atoms with Gasteiger partial charge in [-0.2, -0.15) is 0 Å². The monoisotopic (exact) mass is 141 g/mol. The Morgan fingerprint density at radius 1 is 1.90 bits per heavy atom. The summed E-state index contributed by atoms with van der Waals surface area (Å²) in [5.41, 5.74) is 0. The lowest BCUT2D eigenvalue weighted by Gasteiger charge is -2.06. The lowest BCUT2D eigenvalue weighted by atomic mass is 10.4. The molecule has 1 atom stereocenters. The average molecular weight is 141 g/mol. The molecule has 0 aliphatic carbocycles. The van der Waals surface area contributed by atoms with E-state index in [0.29, 0.717) is 6.54 Å². The summed E-state index contributed by atoms with van der Waals surface area (Å²) in [6, 6.07) is 0. The third-order valence-corrected chi connectivity index (χ3v) is 0.840. The van der Waals surface area contributed by atoms with Crippen molar-refractivity contribution in [2.24, 2.45) is 0 Å². The maximum absolute atomic E-state index is 10.6. The summed E-state index contributed by atoms with van der Waals surface area (Å²) in [6.45, 7) is 3.99. The SMILES string of the molecule is C#CC(C)OC(=O)NCC. The Morgan fingerprint density at radius 3 is 2.90 bits per heavy atom. The van der Waals surface area contributed by atoms with Gasteiger partial charge in [-0.05, 0) is 13.8 Å². The highest BCUT2D eigenvalue weighted by Crippen LogP contribution is 1.86. The normalized spacial score (nSPS) is 11.3. The second-order valence-electron chi connectivity index (χ2n) is 1.74. The van der Waals surface area contributed by atoms with Crippen molar-refractivity contribution in [3.8, 4) is 12.3 Å². The maximum Gasteiger partial charge on any atom is 0.408 e. The highest BCUT2D eigenvalue weighted by atomic mass is 16.6. The van der Waals surface area contributed by atoms with Crippen LogP contribution in [0.25, 0.3) is 0 Å². The Labute approximate surface area is 60.8 Å². The molecular formula is C7H11NO2. The molecule has 0 spiro atoms. The van der Waals surface area contributed by atoms with Gasteiger partial charge in [-0.1, -0.05) is 5.92 Å². The van der Waals surface area contributed by atoms with Crippen molar-refractivity contribution >= 4 is 6.09 Å². The van der Waals surface area contributed by atoms with Crippen molar-refractivity contribution in [1.29, 1.82) is 0 Å². The number of nitrogens with one attached hydrogen (secondary N) is 1. The Kier molecular flexibility index (Phi) is 4.14. The molecule has 1 unspecified atom stereocenters. The number of hydrogen-bond acceptors (Lipinski definition) is 2. The van der Waals surface area contributed by atoms with E-state index in [4.69, 9.17) is 6.42 Å². The van der Waals surface area contributed by atoms with Crippen LogP contribution < -0.4 is 5.32 Å². The minimum Gasteiger partial charge on any atom is -0.433 e. The second kappa shape index (κ2) is 4.68. The molecule has 0 fully saturated rings. The minimum atomic E-state index is -0.465. The summed E-state index contributed by atoms with van der Waals surface area (Å²) in [7, 11) is 0. The van der Waals surface area contributed by atoms with E-state index >= 15 is 0 Å². The molecule has 0 aliphatic heterocycles. The van der Waals surface area contributed by atoms with Crippen molar-refractivity contribution in [2.75, 3.05) is 6.54 Å². The van der Waals surface area contributed by atoms with Crippen LogP contribution in [0.2, 0.25) is 0 Å². The van der Waals surface area contributed by atoms with Crippen molar-refractivity contribution in [3.05, 3.63) is 0 Å². The number of amides is 1. The number of rotatable bonds is 2. The molecule has 0 heterocycles. The molecule has 1 amide bonds. The summed E-state index contributed by atoms with van der Waals surface area (Å²) in [5, 5.41) is 2.45. The Balaban J connectivity index is 3.49. The first-order valence-electron chi connectivity index (χ1n) is 3.11. The van der Waals surface area contributed by atoms with E-state index in [1.165, 1.54) is 0 Å². The molecule has 0 saturated carbocycles. The van der Waals surface area contributed by atoms with Crippen LogP contribution in [0.3, 0.4) is 0 Å². The van der Waals surface area contributed by atoms with Crippen molar-refractivity contribution < 1.29 is 9.53 Å². The van der Waals surface area contributed by atoms with Crippen LogP contribution in [0.1, 0.15) is 13.8 Å². The summed E-state index contributed by atoms with van der Waals surface area (Å²) in [4.78, 5) is 10.6. The Morgan fingerprint density at radius 2 is 2.50 bits per heavy atom. The van der Waals surface area contributed by atoms with Gasteiger partial charge in [0.2, 0.25) is 0 Å². The molecule has 0 aromatic heterocycles. The molecule has 3 heteroatoms. The van der Waals surface area contributed by atoms with Crippen molar-refractivity contribution in [2.45, 2.75) is 20.0 Å². The zero-order valence-corrected chi connectivity index (χ0v) is 6.18. The molecule has 0 saturated heterocycles. The molecular weight excluding hydrogens is 130 g/mol. The van der Waals surface area contributed by atoms with E-state index in [1.807, 2.05) is 6.92 Å². The van der Waals surface area contributed by atoms with Gasteiger partial charge in [0.1, 0.15) is 0 Å². The fraction of sp³-hybridized carbons (Fsp3) is 0.571. The number of carbonyl (C=O) groups is 1. The van der Waals surface area contributed by atoms with E-state index in [2.05, 4.69) is 16.0 Å². The van der Waals surface area contributed by atoms with E-state index < -0.39 is 12.2 Å². The minimum absolute atomic E-state index is 0.452. The zero-order chi connectivity index (χ0) is 7.98. The zero-order valence-electron chi connectivity index (χ0n) is 6.18. The largest absolute Gasteiger partial charge is 0.433 e. The predicted molar refractivity (Wildman–Crippen MR) is 38.5 cm³/mol. The van der Waals surface area contributed by atoms with Gasteiger partial charge in [0.15, 0.2) is 6.10 Å². The van der Waals surface area contributed by atoms with Gasteiger partial charge in [0.25, 0.3) is 0 Å². The number of ether oxygens (including phenoxy) is 1. The number of terminal acetylenes is 1. The van der Waals surface area contributed by atoms with E-state index in [9.17, 15) is 4.79 Å². The molecule has 10 heavy (non-hydrogen) atoms. The molecule has 0 aromatic rings.